The average Bonchev–Trinajstić information content (AvgIpc) is 3.72. The van der Waals surface area contributed by atoms with Gasteiger partial charge in [0.25, 0.3) is 11.1 Å². The summed E-state index contributed by atoms with van der Waals surface area (Å²) < 4.78 is 0. The van der Waals surface area contributed by atoms with E-state index in [2.05, 4.69) is 34.3 Å². The van der Waals surface area contributed by atoms with Crippen LogP contribution in [-0.4, -0.2) is 24.2 Å². The normalized spacial score (nSPS) is 10.0. The molecule has 2 aromatic heterocycles. The third kappa shape index (κ3) is 10.3. The first kappa shape index (κ1) is 33.4. The minimum atomic E-state index is -0.411. The van der Waals surface area contributed by atoms with Crippen molar-refractivity contribution < 1.29 is 9.59 Å². The van der Waals surface area contributed by atoms with Crippen molar-refractivity contribution in [1.82, 2.24) is 5.32 Å². The van der Waals surface area contributed by atoms with Crippen molar-refractivity contribution >= 4 is 90.9 Å². The van der Waals surface area contributed by atoms with E-state index >= 15 is 0 Å². The molecule has 0 saturated carbocycles. The van der Waals surface area contributed by atoms with Gasteiger partial charge in [0, 0.05) is 27.4 Å². The van der Waals surface area contributed by atoms with E-state index in [4.69, 9.17) is 17.3 Å². The molecule has 216 valence electrons. The molecule has 6 rings (SSSR count). The summed E-state index contributed by atoms with van der Waals surface area (Å²) in [7, 11) is 0. The van der Waals surface area contributed by atoms with Crippen molar-refractivity contribution in [3.05, 3.63) is 141 Å². The molecule has 0 atom stereocenters. The maximum absolute atomic E-state index is 12.1. The van der Waals surface area contributed by atoms with Crippen LogP contribution in [0.25, 0.3) is 21.5 Å². The highest BCUT2D eigenvalue weighted by Gasteiger charge is 2.06. The summed E-state index contributed by atoms with van der Waals surface area (Å²) in [6.07, 6.45) is 1.91. The Morgan fingerprint density at radius 2 is 1.14 bits per heavy atom. The van der Waals surface area contributed by atoms with Gasteiger partial charge in [-0.3, -0.25) is 9.59 Å². The van der Waals surface area contributed by atoms with Crippen LogP contribution in [0.1, 0.15) is 30.5 Å². The highest BCUT2D eigenvalue weighted by atomic mass is 127. The third-order valence-electron chi connectivity index (χ3n) is 6.20. The van der Waals surface area contributed by atoms with Crippen LogP contribution in [-0.2, 0) is 12.8 Å². The van der Waals surface area contributed by atoms with Crippen LogP contribution in [0.15, 0.2) is 120 Å². The molecular weight excluding hydrogens is 695 g/mol. The summed E-state index contributed by atoms with van der Waals surface area (Å²) >= 11 is 8.85. The first-order chi connectivity index (χ1) is 20.0. The van der Waals surface area contributed by atoms with Crippen LogP contribution in [0.5, 0.6) is 0 Å². The zero-order valence-corrected chi connectivity index (χ0v) is 27.6. The van der Waals surface area contributed by atoms with Gasteiger partial charge in [0.05, 0.1) is 0 Å². The van der Waals surface area contributed by atoms with Gasteiger partial charge in [-0.05, 0) is 99.7 Å². The van der Waals surface area contributed by atoms with Gasteiger partial charge >= 0.3 is 0 Å². The Bertz CT molecular complexity index is 1690. The molecule has 4 nitrogen and oxygen atoms in total. The molecule has 0 aliphatic carbocycles. The van der Waals surface area contributed by atoms with Gasteiger partial charge < -0.3 is 11.1 Å². The highest BCUT2D eigenvalue weighted by Crippen LogP contribution is 2.17. The van der Waals surface area contributed by atoms with Crippen molar-refractivity contribution in [2.24, 2.45) is 5.73 Å². The number of hydrogen-bond donors (Lipinski definition) is 2. The van der Waals surface area contributed by atoms with Crippen LogP contribution in [0, 0.1) is 0 Å². The molecule has 0 saturated heterocycles. The van der Waals surface area contributed by atoms with E-state index in [9.17, 15) is 9.59 Å². The zero-order chi connectivity index (χ0) is 28.9. The van der Waals surface area contributed by atoms with Gasteiger partial charge in [0.15, 0.2) is 0 Å². The number of carbonyl (C=O) groups is 2. The lowest BCUT2D eigenvalue weighted by Gasteiger charge is -2.05. The Kier molecular flexibility index (Phi) is 14.1. The molecule has 0 fully saturated rings. The summed E-state index contributed by atoms with van der Waals surface area (Å²) in [6, 6.07) is 35.4. The number of benzene rings is 4. The molecule has 8 heteroatoms. The predicted octanol–water partition coefficient (Wildman–Crippen LogP) is 8.96. The molecule has 0 bridgehead atoms. The summed E-state index contributed by atoms with van der Waals surface area (Å²) in [5.41, 5.74) is 6.59. The maximum Gasteiger partial charge on any atom is 0.252 e. The second kappa shape index (κ2) is 17.8. The van der Waals surface area contributed by atoms with E-state index in [-0.39, 0.29) is 29.9 Å². The Labute approximate surface area is 276 Å². The first-order valence-electron chi connectivity index (χ1n) is 13.2. The van der Waals surface area contributed by atoms with E-state index < -0.39 is 5.24 Å². The smallest absolute Gasteiger partial charge is 0.252 e. The minimum absolute atomic E-state index is 0. The molecule has 3 N–H and O–H groups in total. The van der Waals surface area contributed by atoms with Crippen molar-refractivity contribution in [2.45, 2.75) is 12.8 Å². The lowest BCUT2D eigenvalue weighted by atomic mass is 10.1. The molecule has 42 heavy (non-hydrogen) atoms. The number of rotatable bonds is 7. The second-order valence-corrected chi connectivity index (χ2v) is 11.5. The number of thiophene rings is 2. The maximum atomic E-state index is 12.1. The van der Waals surface area contributed by atoms with E-state index in [1.807, 2.05) is 78.9 Å². The molecule has 2 heterocycles. The molecule has 0 aliphatic rings. The molecule has 0 aliphatic heterocycles. The van der Waals surface area contributed by atoms with Crippen LogP contribution in [0.3, 0.4) is 0 Å². The molecule has 0 spiro atoms. The topological polar surface area (TPSA) is 72.2 Å². The number of nitrogens with one attached hydrogen (secondary N) is 1. The van der Waals surface area contributed by atoms with E-state index in [0.29, 0.717) is 12.1 Å². The number of amides is 1. The first-order valence-corrected chi connectivity index (χ1v) is 15.4. The summed E-state index contributed by atoms with van der Waals surface area (Å²) in [5.74, 6) is -0.00712. The average molecular weight is 727 g/mol. The van der Waals surface area contributed by atoms with E-state index in [1.54, 1.807) is 34.8 Å². The summed E-state index contributed by atoms with van der Waals surface area (Å²) in [4.78, 5) is 25.6. The van der Waals surface area contributed by atoms with Gasteiger partial charge in [0.1, 0.15) is 0 Å². The van der Waals surface area contributed by atoms with Gasteiger partial charge in [-0.2, -0.15) is 0 Å². The number of nitrogens with two attached hydrogens (primary N) is 1. The largest absolute Gasteiger partial charge is 0.352 e. The Morgan fingerprint density at radius 1 is 0.643 bits per heavy atom. The van der Waals surface area contributed by atoms with Crippen LogP contribution < -0.4 is 11.1 Å². The molecule has 0 unspecified atom stereocenters. The fourth-order valence-electron chi connectivity index (χ4n) is 4.10. The lowest BCUT2D eigenvalue weighted by Crippen LogP contribution is -2.25. The quantitative estimate of drug-likeness (QED) is 0.128. The van der Waals surface area contributed by atoms with E-state index in [0.717, 1.165) is 46.5 Å². The predicted molar refractivity (Wildman–Crippen MR) is 191 cm³/mol. The molecule has 0 radical (unpaired) electrons. The van der Waals surface area contributed by atoms with Crippen molar-refractivity contribution in [3.8, 4) is 0 Å². The SMILES string of the molecule is I.NCCc1cccs1.O=C(Cl)c1ccc2ccccc2c1.O=C(NCCc1cccs1)c1ccc2ccccc2c1. The van der Waals surface area contributed by atoms with Gasteiger partial charge in [-0.1, -0.05) is 72.8 Å². The molecule has 1 amide bonds. The van der Waals surface area contributed by atoms with Crippen LogP contribution in [0.4, 0.5) is 0 Å². The Balaban J connectivity index is 0.000000189. The Hall–Kier alpha value is -3.08. The third-order valence-corrected chi connectivity index (χ3v) is 8.29. The number of halogens is 2. The van der Waals surface area contributed by atoms with Crippen molar-refractivity contribution in [2.75, 3.05) is 13.1 Å². The monoisotopic (exact) mass is 726 g/mol. The molecule has 4 aromatic carbocycles. The molecular formula is C34H32ClIN2O2S2. The zero-order valence-electron chi connectivity index (χ0n) is 22.9. The van der Waals surface area contributed by atoms with Crippen molar-refractivity contribution in [1.29, 1.82) is 0 Å². The van der Waals surface area contributed by atoms with E-state index in [1.165, 1.54) is 9.75 Å². The van der Waals surface area contributed by atoms with Gasteiger partial charge in [0.2, 0.25) is 0 Å². The minimum Gasteiger partial charge on any atom is -0.352 e. The van der Waals surface area contributed by atoms with Gasteiger partial charge in [-0.25, -0.2) is 0 Å². The van der Waals surface area contributed by atoms with Crippen LogP contribution in [0.2, 0.25) is 0 Å². The highest BCUT2D eigenvalue weighted by molar-refractivity contribution is 14.0. The fourth-order valence-corrected chi connectivity index (χ4v) is 5.65. The number of carbonyl (C=O) groups excluding carboxylic acids is 2. The Morgan fingerprint density at radius 3 is 1.64 bits per heavy atom. The van der Waals surface area contributed by atoms with Crippen LogP contribution >= 0.6 is 58.3 Å². The standard InChI is InChI=1S/C17H15NOS.C11H7ClO.C6H9NS.HI/c19-17(18-10-9-16-6-3-11-20-16)15-8-7-13-4-1-2-5-14(13)12-15;12-11(13)10-6-5-8-3-1-2-4-9(8)7-10;7-4-3-6-2-1-5-8-6;/h1-8,11-12H,9-10H2,(H,18,19);1-7H;1-2,5H,3-4,7H2;1H. The number of fused-ring (bicyclic) bond motifs is 2. The number of hydrogen-bond acceptors (Lipinski definition) is 5. The summed E-state index contributed by atoms with van der Waals surface area (Å²) in [5, 5.41) is 11.1. The van der Waals surface area contributed by atoms with Crippen molar-refractivity contribution in [3.63, 3.8) is 0 Å². The molecule has 6 aromatic rings. The lowest BCUT2D eigenvalue weighted by molar-refractivity contribution is 0.0954. The second-order valence-electron chi connectivity index (χ2n) is 9.10. The fraction of sp³-hybridized carbons (Fsp3) is 0.118. The summed E-state index contributed by atoms with van der Waals surface area (Å²) in [6.45, 7) is 1.44. The van der Waals surface area contributed by atoms with Gasteiger partial charge in [-0.15, -0.1) is 46.7 Å².